The first-order chi connectivity index (χ1) is 10.4. The van der Waals surface area contributed by atoms with Gasteiger partial charge in [-0.25, -0.2) is 0 Å². The van der Waals surface area contributed by atoms with E-state index in [1.54, 1.807) is 24.3 Å². The molecule has 1 fully saturated rings. The highest BCUT2D eigenvalue weighted by molar-refractivity contribution is 7.90. The van der Waals surface area contributed by atoms with Crippen LogP contribution in [0.5, 0.6) is 0 Å². The number of carbonyl (C=O) groups is 1. The van der Waals surface area contributed by atoms with E-state index in [0.29, 0.717) is 24.7 Å². The zero-order chi connectivity index (χ0) is 16.2. The Balaban J connectivity index is 2.28. The highest BCUT2D eigenvalue weighted by Crippen LogP contribution is 2.25. The molecule has 0 bridgehead atoms. The van der Waals surface area contributed by atoms with Gasteiger partial charge in [0.1, 0.15) is 0 Å². The van der Waals surface area contributed by atoms with Gasteiger partial charge in [0, 0.05) is 26.1 Å². The number of anilines is 1. The van der Waals surface area contributed by atoms with Gasteiger partial charge < -0.3 is 5.73 Å². The van der Waals surface area contributed by atoms with Crippen molar-refractivity contribution < 1.29 is 13.2 Å². The second-order valence-corrected chi connectivity index (χ2v) is 7.59. The van der Waals surface area contributed by atoms with Gasteiger partial charge in [-0.15, -0.1) is 0 Å². The predicted molar refractivity (Wildman–Crippen MR) is 86.5 cm³/mol. The zero-order valence-corrected chi connectivity index (χ0v) is 13.6. The molecule has 1 heterocycles. The lowest BCUT2D eigenvalue weighted by Crippen LogP contribution is -2.48. The molecule has 1 amide bonds. The molecule has 1 unspecified atom stereocenters. The van der Waals surface area contributed by atoms with E-state index in [4.69, 9.17) is 5.73 Å². The third kappa shape index (κ3) is 3.98. The number of carbonyl (C=O) groups excluding carboxylic acids is 1. The summed E-state index contributed by atoms with van der Waals surface area (Å²) in [5.41, 5.74) is 5.75. The highest BCUT2D eigenvalue weighted by atomic mass is 32.2. The fourth-order valence-electron chi connectivity index (χ4n) is 2.68. The van der Waals surface area contributed by atoms with Crippen LogP contribution >= 0.6 is 0 Å². The summed E-state index contributed by atoms with van der Waals surface area (Å²) in [5, 5.41) is 0. The number of nitrogens with zero attached hydrogens (tertiary/aromatic N) is 2. The lowest BCUT2D eigenvalue weighted by Gasteiger charge is -2.35. The van der Waals surface area contributed by atoms with Crippen LogP contribution in [0.4, 0.5) is 5.69 Å². The minimum Gasteiger partial charge on any atom is -0.370 e. The molecule has 6 nitrogen and oxygen atoms in total. The fraction of sp³-hybridized carbons (Fsp3) is 0.533. The molecule has 0 radical (unpaired) electrons. The van der Waals surface area contributed by atoms with Crippen molar-refractivity contribution in [1.29, 1.82) is 0 Å². The van der Waals surface area contributed by atoms with Crippen molar-refractivity contribution in [3.05, 3.63) is 30.3 Å². The standard InChI is InChI=1S/C15H23N3O3S/c1-13-6-5-10-17(12-13)22(20,21)18(11-9-15(16)19)14-7-3-2-4-8-14/h2-4,7-8,13H,5-6,9-12H2,1H3,(H2,16,19). The molecule has 1 aliphatic heterocycles. The Morgan fingerprint density at radius 3 is 2.64 bits per heavy atom. The number of rotatable bonds is 6. The summed E-state index contributed by atoms with van der Waals surface area (Å²) >= 11 is 0. The molecule has 0 aromatic heterocycles. The Labute approximate surface area is 132 Å². The van der Waals surface area contributed by atoms with Gasteiger partial charge in [0.15, 0.2) is 0 Å². The molecule has 1 saturated heterocycles. The van der Waals surface area contributed by atoms with Crippen molar-refractivity contribution in [3.8, 4) is 0 Å². The normalized spacial score (nSPS) is 19.8. The summed E-state index contributed by atoms with van der Waals surface area (Å²) in [6.45, 7) is 3.15. The minimum absolute atomic E-state index is 0.00246. The van der Waals surface area contributed by atoms with Gasteiger partial charge in [0.2, 0.25) is 5.91 Å². The van der Waals surface area contributed by atoms with Gasteiger partial charge in [-0.05, 0) is 30.9 Å². The maximum atomic E-state index is 12.9. The van der Waals surface area contributed by atoms with Crippen LogP contribution in [0.1, 0.15) is 26.2 Å². The summed E-state index contributed by atoms with van der Waals surface area (Å²) in [6, 6.07) is 8.84. The van der Waals surface area contributed by atoms with Crippen molar-refractivity contribution in [2.45, 2.75) is 26.2 Å². The van der Waals surface area contributed by atoms with Crippen LogP contribution in [0.3, 0.4) is 0 Å². The topological polar surface area (TPSA) is 83.7 Å². The maximum absolute atomic E-state index is 12.9. The SMILES string of the molecule is CC1CCCN(S(=O)(=O)N(CCC(N)=O)c2ccccc2)C1. The molecule has 2 rings (SSSR count). The molecule has 0 spiro atoms. The van der Waals surface area contributed by atoms with Crippen LogP contribution in [0.2, 0.25) is 0 Å². The van der Waals surface area contributed by atoms with E-state index in [1.807, 2.05) is 6.07 Å². The van der Waals surface area contributed by atoms with E-state index in [1.165, 1.54) is 8.61 Å². The van der Waals surface area contributed by atoms with E-state index < -0.39 is 16.1 Å². The minimum atomic E-state index is -3.65. The van der Waals surface area contributed by atoms with Crippen LogP contribution in [-0.2, 0) is 15.0 Å². The molecular formula is C15H23N3O3S. The van der Waals surface area contributed by atoms with Crippen LogP contribution in [-0.4, -0.2) is 38.3 Å². The first-order valence-electron chi connectivity index (χ1n) is 7.52. The monoisotopic (exact) mass is 325 g/mol. The molecular weight excluding hydrogens is 302 g/mol. The fourth-order valence-corrected chi connectivity index (χ4v) is 4.47. The van der Waals surface area contributed by atoms with Gasteiger partial charge in [0.25, 0.3) is 0 Å². The summed E-state index contributed by atoms with van der Waals surface area (Å²) in [7, 11) is -3.65. The predicted octanol–water partition coefficient (Wildman–Crippen LogP) is 1.35. The largest absolute Gasteiger partial charge is 0.370 e. The average molecular weight is 325 g/mol. The summed E-state index contributed by atoms with van der Waals surface area (Å²) in [6.07, 6.45) is 1.90. The molecule has 7 heteroatoms. The third-order valence-corrected chi connectivity index (χ3v) is 5.76. The molecule has 22 heavy (non-hydrogen) atoms. The van der Waals surface area contributed by atoms with E-state index in [-0.39, 0.29) is 13.0 Å². The summed E-state index contributed by atoms with van der Waals surface area (Å²) in [4.78, 5) is 11.1. The Morgan fingerprint density at radius 1 is 1.36 bits per heavy atom. The Hall–Kier alpha value is -1.60. The number of para-hydroxylation sites is 1. The van der Waals surface area contributed by atoms with Gasteiger partial charge >= 0.3 is 10.2 Å². The molecule has 1 atom stereocenters. The molecule has 1 aliphatic rings. The van der Waals surface area contributed by atoms with Crippen molar-refractivity contribution in [1.82, 2.24) is 4.31 Å². The molecule has 0 saturated carbocycles. The van der Waals surface area contributed by atoms with E-state index in [9.17, 15) is 13.2 Å². The quantitative estimate of drug-likeness (QED) is 0.857. The molecule has 0 aliphatic carbocycles. The smallest absolute Gasteiger partial charge is 0.304 e. The average Bonchev–Trinajstić information content (AvgIpc) is 2.48. The number of nitrogens with two attached hydrogens (primary N) is 1. The van der Waals surface area contributed by atoms with Crippen LogP contribution < -0.4 is 10.0 Å². The number of hydrogen-bond acceptors (Lipinski definition) is 3. The number of benzene rings is 1. The molecule has 122 valence electrons. The van der Waals surface area contributed by atoms with Crippen LogP contribution in [0, 0.1) is 5.92 Å². The first kappa shape index (κ1) is 16.8. The Bertz CT molecular complexity index is 604. The van der Waals surface area contributed by atoms with Crippen LogP contribution in [0.25, 0.3) is 0 Å². The number of piperidine rings is 1. The van der Waals surface area contributed by atoms with Crippen molar-refractivity contribution in [2.24, 2.45) is 11.7 Å². The number of amides is 1. The van der Waals surface area contributed by atoms with Crippen LogP contribution in [0.15, 0.2) is 30.3 Å². The lowest BCUT2D eigenvalue weighted by atomic mass is 10.0. The highest BCUT2D eigenvalue weighted by Gasteiger charge is 2.32. The van der Waals surface area contributed by atoms with Crippen molar-refractivity contribution >= 4 is 21.8 Å². The summed E-state index contributed by atoms with van der Waals surface area (Å²) < 4.78 is 28.7. The molecule has 1 aromatic carbocycles. The summed E-state index contributed by atoms with van der Waals surface area (Å²) in [5.74, 6) is -0.166. The van der Waals surface area contributed by atoms with Crippen molar-refractivity contribution in [2.75, 3.05) is 23.9 Å². The maximum Gasteiger partial charge on any atom is 0.304 e. The second kappa shape index (κ2) is 7.11. The zero-order valence-electron chi connectivity index (χ0n) is 12.8. The van der Waals surface area contributed by atoms with Gasteiger partial charge in [-0.1, -0.05) is 25.1 Å². The number of hydrogen-bond donors (Lipinski definition) is 1. The van der Waals surface area contributed by atoms with Gasteiger partial charge in [-0.3, -0.25) is 9.10 Å². The van der Waals surface area contributed by atoms with E-state index in [0.717, 1.165) is 12.8 Å². The number of primary amides is 1. The van der Waals surface area contributed by atoms with E-state index in [2.05, 4.69) is 6.92 Å². The molecule has 2 N–H and O–H groups in total. The van der Waals surface area contributed by atoms with E-state index >= 15 is 0 Å². The Morgan fingerprint density at radius 2 is 2.05 bits per heavy atom. The third-order valence-electron chi connectivity index (χ3n) is 3.83. The van der Waals surface area contributed by atoms with Gasteiger partial charge in [-0.2, -0.15) is 12.7 Å². The van der Waals surface area contributed by atoms with Gasteiger partial charge in [0.05, 0.1) is 5.69 Å². The molecule has 1 aromatic rings. The Kier molecular flexibility index (Phi) is 5.42. The second-order valence-electron chi connectivity index (χ2n) is 5.74. The lowest BCUT2D eigenvalue weighted by molar-refractivity contribution is -0.117. The first-order valence-corrected chi connectivity index (χ1v) is 8.92. The van der Waals surface area contributed by atoms with Crippen molar-refractivity contribution in [3.63, 3.8) is 0 Å².